The lowest BCUT2D eigenvalue weighted by Crippen LogP contribution is -2.13. The van der Waals surface area contributed by atoms with E-state index in [0.29, 0.717) is 24.3 Å². The molecular formula is C17H17F3N2O3. The predicted octanol–water partition coefficient (Wildman–Crippen LogP) is 3.53. The Kier molecular flexibility index (Phi) is 6.08. The molecule has 2 aromatic rings. The lowest BCUT2D eigenvalue weighted by atomic mass is 10.1. The van der Waals surface area contributed by atoms with Crippen LogP contribution < -0.4 is 0 Å². The second-order valence-electron chi connectivity index (χ2n) is 5.09. The molecule has 1 aromatic carbocycles. The molecule has 5 nitrogen and oxygen atoms in total. The molecule has 0 spiro atoms. The van der Waals surface area contributed by atoms with E-state index in [1.54, 1.807) is 6.92 Å². The van der Waals surface area contributed by atoms with E-state index in [1.165, 1.54) is 25.4 Å². The zero-order chi connectivity index (χ0) is 18.4. The standard InChI is InChI=1S/C17H17F3N2O3/c1-3-25-16(23)13-10-21-15(22-14(13)8-9-24-2)11-4-6-12(7-5-11)17(18,19)20/h4-7,10H,3,8-9H2,1-2H3. The summed E-state index contributed by atoms with van der Waals surface area (Å²) >= 11 is 0. The summed E-state index contributed by atoms with van der Waals surface area (Å²) in [7, 11) is 1.52. The van der Waals surface area contributed by atoms with Crippen LogP contribution in [-0.2, 0) is 22.1 Å². The van der Waals surface area contributed by atoms with Gasteiger partial charge in [-0.05, 0) is 19.1 Å². The molecule has 25 heavy (non-hydrogen) atoms. The highest BCUT2D eigenvalue weighted by Gasteiger charge is 2.30. The van der Waals surface area contributed by atoms with Gasteiger partial charge in [-0.2, -0.15) is 13.2 Å². The summed E-state index contributed by atoms with van der Waals surface area (Å²) in [5.74, 6) is -0.319. The molecule has 134 valence electrons. The average Bonchev–Trinajstić information content (AvgIpc) is 2.59. The molecule has 1 heterocycles. The number of methoxy groups -OCH3 is 1. The van der Waals surface area contributed by atoms with Crippen molar-refractivity contribution in [1.29, 1.82) is 0 Å². The summed E-state index contributed by atoms with van der Waals surface area (Å²) in [4.78, 5) is 20.3. The fourth-order valence-electron chi connectivity index (χ4n) is 2.13. The van der Waals surface area contributed by atoms with Crippen LogP contribution >= 0.6 is 0 Å². The van der Waals surface area contributed by atoms with Gasteiger partial charge < -0.3 is 9.47 Å². The lowest BCUT2D eigenvalue weighted by molar-refractivity contribution is -0.137. The van der Waals surface area contributed by atoms with Gasteiger partial charge in [0.2, 0.25) is 0 Å². The minimum absolute atomic E-state index is 0.212. The average molecular weight is 354 g/mol. The summed E-state index contributed by atoms with van der Waals surface area (Å²) in [6.07, 6.45) is -2.74. The van der Waals surface area contributed by atoms with Crippen molar-refractivity contribution in [3.05, 3.63) is 47.3 Å². The number of rotatable bonds is 6. The number of nitrogens with zero attached hydrogens (tertiary/aromatic N) is 2. The van der Waals surface area contributed by atoms with Gasteiger partial charge in [0.25, 0.3) is 0 Å². The van der Waals surface area contributed by atoms with Crippen LogP contribution in [0.2, 0.25) is 0 Å². The van der Waals surface area contributed by atoms with E-state index >= 15 is 0 Å². The Bertz CT molecular complexity index is 731. The zero-order valence-electron chi connectivity index (χ0n) is 13.8. The number of hydrogen-bond acceptors (Lipinski definition) is 5. The van der Waals surface area contributed by atoms with Gasteiger partial charge in [-0.25, -0.2) is 14.8 Å². The number of benzene rings is 1. The molecule has 0 atom stereocenters. The highest BCUT2D eigenvalue weighted by molar-refractivity contribution is 5.90. The van der Waals surface area contributed by atoms with Crippen molar-refractivity contribution in [3.63, 3.8) is 0 Å². The van der Waals surface area contributed by atoms with Gasteiger partial charge in [0.05, 0.1) is 30.0 Å². The summed E-state index contributed by atoms with van der Waals surface area (Å²) < 4.78 is 47.9. The number of esters is 1. The van der Waals surface area contributed by atoms with Crippen LogP contribution in [0.3, 0.4) is 0 Å². The molecule has 2 rings (SSSR count). The van der Waals surface area contributed by atoms with Crippen LogP contribution in [0.4, 0.5) is 13.2 Å². The van der Waals surface area contributed by atoms with Crippen molar-refractivity contribution in [1.82, 2.24) is 9.97 Å². The van der Waals surface area contributed by atoms with E-state index in [-0.39, 0.29) is 18.0 Å². The highest BCUT2D eigenvalue weighted by Crippen LogP contribution is 2.30. The summed E-state index contributed by atoms with van der Waals surface area (Å²) in [6, 6.07) is 4.52. The minimum Gasteiger partial charge on any atom is -0.462 e. The molecule has 0 saturated carbocycles. The third-order valence-electron chi connectivity index (χ3n) is 3.38. The molecule has 0 aliphatic rings. The molecule has 0 radical (unpaired) electrons. The quantitative estimate of drug-likeness (QED) is 0.743. The van der Waals surface area contributed by atoms with E-state index < -0.39 is 17.7 Å². The van der Waals surface area contributed by atoms with Crippen molar-refractivity contribution >= 4 is 5.97 Å². The molecule has 0 N–H and O–H groups in total. The van der Waals surface area contributed by atoms with Crippen LogP contribution in [-0.4, -0.2) is 36.3 Å². The van der Waals surface area contributed by atoms with Gasteiger partial charge in [-0.1, -0.05) is 12.1 Å². The Morgan fingerprint density at radius 3 is 2.44 bits per heavy atom. The first-order valence-corrected chi connectivity index (χ1v) is 7.56. The molecule has 0 amide bonds. The zero-order valence-corrected chi connectivity index (χ0v) is 13.8. The number of aromatic nitrogens is 2. The van der Waals surface area contributed by atoms with Crippen molar-refractivity contribution in [2.75, 3.05) is 20.3 Å². The number of ether oxygens (including phenoxy) is 2. The minimum atomic E-state index is -4.41. The lowest BCUT2D eigenvalue weighted by Gasteiger charge is -2.10. The van der Waals surface area contributed by atoms with Gasteiger partial charge in [-0.15, -0.1) is 0 Å². The van der Waals surface area contributed by atoms with E-state index in [2.05, 4.69) is 9.97 Å². The first kappa shape index (κ1) is 18.9. The van der Waals surface area contributed by atoms with Gasteiger partial charge in [-0.3, -0.25) is 0 Å². The first-order chi connectivity index (χ1) is 11.9. The number of carbonyl (C=O) groups is 1. The Morgan fingerprint density at radius 2 is 1.88 bits per heavy atom. The van der Waals surface area contributed by atoms with Crippen LogP contribution in [0.15, 0.2) is 30.5 Å². The van der Waals surface area contributed by atoms with Crippen LogP contribution in [0, 0.1) is 0 Å². The Labute approximate surface area is 142 Å². The number of hydrogen-bond donors (Lipinski definition) is 0. The van der Waals surface area contributed by atoms with Crippen molar-refractivity contribution < 1.29 is 27.4 Å². The van der Waals surface area contributed by atoms with E-state index in [4.69, 9.17) is 9.47 Å². The molecule has 0 fully saturated rings. The second kappa shape index (κ2) is 8.06. The molecule has 1 aromatic heterocycles. The maximum absolute atomic E-state index is 12.6. The van der Waals surface area contributed by atoms with Gasteiger partial charge >= 0.3 is 12.1 Å². The van der Waals surface area contributed by atoms with Crippen molar-refractivity contribution in [2.45, 2.75) is 19.5 Å². The molecule has 0 unspecified atom stereocenters. The fraction of sp³-hybridized carbons (Fsp3) is 0.353. The fourth-order valence-corrected chi connectivity index (χ4v) is 2.13. The van der Waals surface area contributed by atoms with E-state index in [9.17, 15) is 18.0 Å². The predicted molar refractivity (Wildman–Crippen MR) is 84.0 cm³/mol. The number of alkyl halides is 3. The van der Waals surface area contributed by atoms with Crippen LogP contribution in [0.25, 0.3) is 11.4 Å². The van der Waals surface area contributed by atoms with Crippen LogP contribution in [0.1, 0.15) is 28.5 Å². The van der Waals surface area contributed by atoms with Crippen molar-refractivity contribution in [2.24, 2.45) is 0 Å². The molecule has 0 aliphatic heterocycles. The van der Waals surface area contributed by atoms with E-state index in [0.717, 1.165) is 12.1 Å². The largest absolute Gasteiger partial charge is 0.462 e. The number of halogens is 3. The Hall–Kier alpha value is -2.48. The molecular weight excluding hydrogens is 337 g/mol. The van der Waals surface area contributed by atoms with Gasteiger partial charge in [0.15, 0.2) is 5.82 Å². The maximum Gasteiger partial charge on any atom is 0.416 e. The third kappa shape index (κ3) is 4.76. The normalized spacial score (nSPS) is 11.4. The monoisotopic (exact) mass is 354 g/mol. The summed E-state index contributed by atoms with van der Waals surface area (Å²) in [5.41, 5.74) is 0.306. The van der Waals surface area contributed by atoms with Gasteiger partial charge in [0.1, 0.15) is 0 Å². The third-order valence-corrected chi connectivity index (χ3v) is 3.38. The topological polar surface area (TPSA) is 61.3 Å². The smallest absolute Gasteiger partial charge is 0.416 e. The summed E-state index contributed by atoms with van der Waals surface area (Å²) in [5, 5.41) is 0. The Balaban J connectivity index is 2.36. The van der Waals surface area contributed by atoms with E-state index in [1.807, 2.05) is 0 Å². The SMILES string of the molecule is CCOC(=O)c1cnc(-c2ccc(C(F)(F)F)cc2)nc1CCOC. The molecule has 0 saturated heterocycles. The highest BCUT2D eigenvalue weighted by atomic mass is 19.4. The van der Waals surface area contributed by atoms with Gasteiger partial charge in [0, 0.05) is 25.3 Å². The maximum atomic E-state index is 12.6. The molecule has 0 bridgehead atoms. The first-order valence-electron chi connectivity index (χ1n) is 7.56. The Morgan fingerprint density at radius 1 is 1.20 bits per heavy atom. The van der Waals surface area contributed by atoms with Crippen LogP contribution in [0.5, 0.6) is 0 Å². The number of carbonyl (C=O) groups excluding carboxylic acids is 1. The van der Waals surface area contributed by atoms with Crippen molar-refractivity contribution in [3.8, 4) is 11.4 Å². The molecule has 8 heteroatoms. The molecule has 0 aliphatic carbocycles. The summed E-state index contributed by atoms with van der Waals surface area (Å²) in [6.45, 7) is 2.23. The second-order valence-corrected chi connectivity index (χ2v) is 5.09.